The molecule has 2 aromatic heterocycles. The van der Waals surface area contributed by atoms with E-state index in [0.717, 1.165) is 85.8 Å². The lowest BCUT2D eigenvalue weighted by Gasteiger charge is -2.41. The summed E-state index contributed by atoms with van der Waals surface area (Å²) in [7, 11) is -1.17. The minimum atomic E-state index is -3.96. The minimum absolute atomic E-state index is 0.111. The third-order valence-corrected chi connectivity index (χ3v) is 10.8. The Bertz CT molecular complexity index is 1530. The molecule has 0 bridgehead atoms. The second-order valence-electron chi connectivity index (χ2n) is 12.4. The lowest BCUT2D eigenvalue weighted by molar-refractivity contribution is 0.0975. The number of carbonyl (C=O) groups excluding carboxylic acids is 1. The van der Waals surface area contributed by atoms with Gasteiger partial charge in [-0.05, 0) is 44.2 Å². The molecule has 0 spiro atoms. The first-order chi connectivity index (χ1) is 20.2. The quantitative estimate of drug-likeness (QED) is 0.412. The van der Waals surface area contributed by atoms with Crippen molar-refractivity contribution in [1.29, 1.82) is 0 Å². The van der Waals surface area contributed by atoms with Crippen LogP contribution in [-0.2, 0) is 16.8 Å². The van der Waals surface area contributed by atoms with Crippen molar-refractivity contribution in [3.63, 3.8) is 0 Å². The van der Waals surface area contributed by atoms with Crippen molar-refractivity contribution >= 4 is 32.8 Å². The van der Waals surface area contributed by atoms with Crippen molar-refractivity contribution in [3.8, 4) is 0 Å². The lowest BCUT2D eigenvalue weighted by atomic mass is 9.82. The van der Waals surface area contributed by atoms with Gasteiger partial charge in [0.15, 0.2) is 5.65 Å². The van der Waals surface area contributed by atoms with Crippen LogP contribution in [0.1, 0.15) is 92.0 Å². The van der Waals surface area contributed by atoms with Crippen LogP contribution in [0, 0.1) is 0 Å². The molecule has 11 heteroatoms. The van der Waals surface area contributed by atoms with E-state index < -0.39 is 16.1 Å². The van der Waals surface area contributed by atoms with Crippen molar-refractivity contribution < 1.29 is 13.2 Å². The monoisotopic (exact) mass is 593 g/mol. The standard InChI is InChI=1S/C31H43N7O3S/c1-22-20-37(18-17-36(22)21-23-11-6-4-7-12-23)27-19-26(31(39)34-42(40,41)35(2)3)32-30-28(27)29(24-13-10-14-24)33-38(30)25-15-8-5-9-16-25/h4,6-7,11-12,19,22,24-25H,5,8-10,13-18,20-21H2,1-3H3,(H,34,39)/t22-/m1/s1. The van der Waals surface area contributed by atoms with E-state index in [1.165, 1.54) is 32.5 Å². The van der Waals surface area contributed by atoms with Gasteiger partial charge >= 0.3 is 10.2 Å². The Hall–Kier alpha value is -3.02. The second-order valence-corrected chi connectivity index (χ2v) is 14.3. The molecule has 3 heterocycles. The van der Waals surface area contributed by atoms with E-state index >= 15 is 0 Å². The average Bonchev–Trinajstić information content (AvgIpc) is 3.32. The van der Waals surface area contributed by atoms with Crippen LogP contribution in [-0.4, -0.2) is 78.1 Å². The van der Waals surface area contributed by atoms with Gasteiger partial charge in [0.2, 0.25) is 0 Å². The zero-order chi connectivity index (χ0) is 29.4. The number of rotatable bonds is 8. The fourth-order valence-corrected chi connectivity index (χ4v) is 7.11. The molecule has 10 nitrogen and oxygen atoms in total. The smallest absolute Gasteiger partial charge is 0.303 e. The van der Waals surface area contributed by atoms with Crippen LogP contribution in [0.15, 0.2) is 36.4 Å². The van der Waals surface area contributed by atoms with E-state index in [1.54, 1.807) is 6.07 Å². The van der Waals surface area contributed by atoms with Gasteiger partial charge in [-0.1, -0.05) is 56.0 Å². The Morgan fingerprint density at radius 3 is 2.40 bits per heavy atom. The van der Waals surface area contributed by atoms with E-state index in [-0.39, 0.29) is 17.8 Å². The van der Waals surface area contributed by atoms with E-state index in [1.807, 2.05) is 6.07 Å². The van der Waals surface area contributed by atoms with Gasteiger partial charge in [0.1, 0.15) is 5.69 Å². The molecule has 1 amide bonds. The molecule has 3 aromatic rings. The second kappa shape index (κ2) is 11.9. The molecule has 1 N–H and O–H groups in total. The summed E-state index contributed by atoms with van der Waals surface area (Å²) >= 11 is 0. The summed E-state index contributed by atoms with van der Waals surface area (Å²) < 4.78 is 30.4. The summed E-state index contributed by atoms with van der Waals surface area (Å²) in [6, 6.07) is 12.9. The normalized spacial score (nSPS) is 21.1. The molecule has 2 aliphatic carbocycles. The first-order valence-electron chi connectivity index (χ1n) is 15.4. The molecule has 226 valence electrons. The molecule has 0 unspecified atom stereocenters. The lowest BCUT2D eigenvalue weighted by Crippen LogP contribution is -2.51. The largest absolute Gasteiger partial charge is 0.368 e. The number of nitrogens with one attached hydrogen (secondary N) is 1. The number of fused-ring (bicyclic) bond motifs is 1. The van der Waals surface area contributed by atoms with Crippen molar-refractivity contribution in [2.75, 3.05) is 38.6 Å². The van der Waals surface area contributed by atoms with Crippen LogP contribution in [0.2, 0.25) is 0 Å². The van der Waals surface area contributed by atoms with Gasteiger partial charge < -0.3 is 4.90 Å². The minimum Gasteiger partial charge on any atom is -0.368 e. The average molecular weight is 594 g/mol. The molecule has 1 atom stereocenters. The Balaban J connectivity index is 1.41. The third kappa shape index (κ3) is 5.78. The zero-order valence-corrected chi connectivity index (χ0v) is 25.8. The number of hydrogen-bond donors (Lipinski definition) is 1. The maximum Gasteiger partial charge on any atom is 0.303 e. The predicted molar refractivity (Wildman–Crippen MR) is 165 cm³/mol. The Morgan fingerprint density at radius 1 is 1.02 bits per heavy atom. The Kier molecular flexibility index (Phi) is 8.26. The SMILES string of the molecule is C[C@@H]1CN(c2cc(C(=O)NS(=O)(=O)N(C)C)nc3c2c(C2CCC2)nn3C2CCCCC2)CCN1Cc1ccccc1. The number of hydrogen-bond acceptors (Lipinski definition) is 7. The molecule has 1 aliphatic heterocycles. The number of pyridine rings is 1. The molecule has 3 fully saturated rings. The predicted octanol–water partition coefficient (Wildman–Crippen LogP) is 4.45. The summed E-state index contributed by atoms with van der Waals surface area (Å²) in [6.45, 7) is 5.62. The van der Waals surface area contributed by atoms with Crippen molar-refractivity contribution in [2.24, 2.45) is 0 Å². The van der Waals surface area contributed by atoms with Crippen LogP contribution in [0.3, 0.4) is 0 Å². The molecule has 6 rings (SSSR count). The maximum atomic E-state index is 13.4. The number of anilines is 1. The molecule has 2 saturated carbocycles. The molecular formula is C31H43N7O3S. The van der Waals surface area contributed by atoms with E-state index in [0.29, 0.717) is 11.6 Å². The number of piperazine rings is 1. The highest BCUT2D eigenvalue weighted by molar-refractivity contribution is 7.87. The van der Waals surface area contributed by atoms with E-state index in [9.17, 15) is 13.2 Å². The number of nitrogens with zero attached hydrogens (tertiary/aromatic N) is 6. The van der Waals surface area contributed by atoms with Gasteiger partial charge in [-0.2, -0.15) is 17.8 Å². The summed E-state index contributed by atoms with van der Waals surface area (Å²) in [4.78, 5) is 23.2. The first kappa shape index (κ1) is 29.1. The number of aromatic nitrogens is 3. The van der Waals surface area contributed by atoms with Crippen LogP contribution >= 0.6 is 0 Å². The van der Waals surface area contributed by atoms with Crippen LogP contribution in [0.5, 0.6) is 0 Å². The summed E-state index contributed by atoms with van der Waals surface area (Å²) in [5.74, 6) is -0.326. The van der Waals surface area contributed by atoms with Crippen LogP contribution < -0.4 is 9.62 Å². The summed E-state index contributed by atoms with van der Waals surface area (Å²) in [5.41, 5.74) is 4.16. The van der Waals surface area contributed by atoms with Gasteiger partial charge in [0, 0.05) is 52.2 Å². The molecule has 1 aromatic carbocycles. The highest BCUT2D eigenvalue weighted by atomic mass is 32.2. The Morgan fingerprint density at radius 2 is 1.76 bits per heavy atom. The van der Waals surface area contributed by atoms with Gasteiger partial charge in [0.05, 0.1) is 22.8 Å². The fourth-order valence-electron chi connectivity index (χ4n) is 6.58. The number of benzene rings is 1. The third-order valence-electron chi connectivity index (χ3n) is 9.35. The van der Waals surface area contributed by atoms with Gasteiger partial charge in [-0.15, -0.1) is 0 Å². The van der Waals surface area contributed by atoms with Crippen LogP contribution in [0.4, 0.5) is 5.69 Å². The first-order valence-corrected chi connectivity index (χ1v) is 16.9. The molecule has 3 aliphatic rings. The number of amides is 1. The van der Waals surface area contributed by atoms with Gasteiger partial charge in [-0.25, -0.2) is 14.4 Å². The highest BCUT2D eigenvalue weighted by Crippen LogP contribution is 2.44. The van der Waals surface area contributed by atoms with Crippen molar-refractivity contribution in [3.05, 3.63) is 53.3 Å². The van der Waals surface area contributed by atoms with Crippen LogP contribution in [0.25, 0.3) is 11.0 Å². The van der Waals surface area contributed by atoms with E-state index in [4.69, 9.17) is 10.1 Å². The molecule has 1 saturated heterocycles. The molecule has 42 heavy (non-hydrogen) atoms. The molecule has 0 radical (unpaired) electrons. The fraction of sp³-hybridized carbons (Fsp3) is 0.581. The summed E-state index contributed by atoms with van der Waals surface area (Å²) in [6.07, 6.45) is 9.03. The maximum absolute atomic E-state index is 13.4. The highest BCUT2D eigenvalue weighted by Gasteiger charge is 2.34. The van der Waals surface area contributed by atoms with E-state index in [2.05, 4.69) is 50.4 Å². The zero-order valence-electron chi connectivity index (χ0n) is 25.0. The van der Waals surface area contributed by atoms with Gasteiger partial charge in [-0.3, -0.25) is 9.69 Å². The van der Waals surface area contributed by atoms with Crippen molar-refractivity contribution in [2.45, 2.75) is 82.8 Å². The molecular weight excluding hydrogens is 550 g/mol. The Labute approximate surface area is 249 Å². The van der Waals surface area contributed by atoms with Gasteiger partial charge in [0.25, 0.3) is 5.91 Å². The van der Waals surface area contributed by atoms with Crippen molar-refractivity contribution in [1.82, 2.24) is 28.7 Å². The topological polar surface area (TPSA) is 104 Å². The summed E-state index contributed by atoms with van der Waals surface area (Å²) in [5, 5.41) is 6.29. The number of carbonyl (C=O) groups is 1.